The summed E-state index contributed by atoms with van der Waals surface area (Å²) in [6, 6.07) is 22.2. The van der Waals surface area contributed by atoms with Crippen molar-refractivity contribution in [3.05, 3.63) is 89.5 Å². The molecule has 0 aliphatic carbocycles. The van der Waals surface area contributed by atoms with Crippen molar-refractivity contribution in [3.63, 3.8) is 0 Å². The van der Waals surface area contributed by atoms with Gasteiger partial charge in [0.1, 0.15) is 0 Å². The summed E-state index contributed by atoms with van der Waals surface area (Å²) in [7, 11) is -0.737. The number of sulfonamides is 1. The first-order chi connectivity index (χ1) is 14.0. The number of ether oxygens (including phenoxy) is 2. The van der Waals surface area contributed by atoms with Crippen molar-refractivity contribution in [1.82, 2.24) is 4.31 Å². The predicted molar refractivity (Wildman–Crippen MR) is 112 cm³/mol. The molecule has 1 unspecified atom stereocenters. The maximum atomic E-state index is 13.7. The topological polar surface area (TPSA) is 55.8 Å². The molecular formula is C23H23NO4S. The summed E-state index contributed by atoms with van der Waals surface area (Å²) < 4.78 is 39.5. The van der Waals surface area contributed by atoms with Gasteiger partial charge in [-0.05, 0) is 35.2 Å². The normalized spacial score (nSPS) is 16.8. The fourth-order valence-electron chi connectivity index (χ4n) is 3.82. The van der Waals surface area contributed by atoms with E-state index in [0.717, 1.165) is 11.1 Å². The van der Waals surface area contributed by atoms with E-state index in [0.29, 0.717) is 24.5 Å². The van der Waals surface area contributed by atoms with Crippen LogP contribution in [-0.2, 0) is 23.0 Å². The Balaban J connectivity index is 1.81. The van der Waals surface area contributed by atoms with Crippen LogP contribution in [0.25, 0.3) is 0 Å². The minimum Gasteiger partial charge on any atom is -0.493 e. The minimum absolute atomic E-state index is 0.190. The van der Waals surface area contributed by atoms with Crippen LogP contribution in [0.3, 0.4) is 0 Å². The highest BCUT2D eigenvalue weighted by Gasteiger charge is 2.36. The largest absolute Gasteiger partial charge is 0.493 e. The molecule has 29 heavy (non-hydrogen) atoms. The molecule has 0 saturated heterocycles. The van der Waals surface area contributed by atoms with Crippen molar-refractivity contribution < 1.29 is 17.9 Å². The highest BCUT2D eigenvalue weighted by Crippen LogP contribution is 2.39. The summed E-state index contributed by atoms with van der Waals surface area (Å²) >= 11 is 0. The Hall–Kier alpha value is -2.83. The monoisotopic (exact) mass is 409 g/mol. The SMILES string of the molecule is COc1ccc(S(=O)(=O)N2Cc3ccccc3CC2c2ccccc2)cc1OC. The molecule has 0 fully saturated rings. The average molecular weight is 410 g/mol. The third-order valence-corrected chi connectivity index (χ3v) is 7.20. The van der Waals surface area contributed by atoms with Gasteiger partial charge in [0.15, 0.2) is 11.5 Å². The molecule has 0 amide bonds. The highest BCUT2D eigenvalue weighted by atomic mass is 32.2. The lowest BCUT2D eigenvalue weighted by molar-refractivity contribution is 0.296. The van der Waals surface area contributed by atoms with Gasteiger partial charge in [0, 0.05) is 12.6 Å². The van der Waals surface area contributed by atoms with Gasteiger partial charge in [-0.2, -0.15) is 4.31 Å². The van der Waals surface area contributed by atoms with Crippen LogP contribution in [0.2, 0.25) is 0 Å². The molecule has 1 aliphatic heterocycles. The molecule has 0 radical (unpaired) electrons. The van der Waals surface area contributed by atoms with Crippen molar-refractivity contribution in [1.29, 1.82) is 0 Å². The standard InChI is InChI=1S/C23H23NO4S/c1-27-22-13-12-20(15-23(22)28-2)29(25,26)24-16-19-11-7-6-10-18(19)14-21(24)17-8-4-3-5-9-17/h3-13,15,21H,14,16H2,1-2H3. The lowest BCUT2D eigenvalue weighted by atomic mass is 9.92. The molecule has 0 bridgehead atoms. The molecule has 0 N–H and O–H groups in total. The molecular weight excluding hydrogens is 386 g/mol. The van der Waals surface area contributed by atoms with Crippen molar-refractivity contribution >= 4 is 10.0 Å². The summed E-state index contributed by atoms with van der Waals surface area (Å²) in [4.78, 5) is 0.190. The first kappa shape index (κ1) is 19.5. The maximum Gasteiger partial charge on any atom is 0.244 e. The van der Waals surface area contributed by atoms with Crippen LogP contribution < -0.4 is 9.47 Å². The van der Waals surface area contributed by atoms with E-state index in [4.69, 9.17) is 9.47 Å². The van der Waals surface area contributed by atoms with E-state index in [1.807, 2.05) is 48.5 Å². The third kappa shape index (κ3) is 3.61. The lowest BCUT2D eigenvalue weighted by Gasteiger charge is -2.36. The van der Waals surface area contributed by atoms with E-state index in [1.54, 1.807) is 16.4 Å². The van der Waals surface area contributed by atoms with Crippen LogP contribution in [0.4, 0.5) is 0 Å². The fraction of sp³-hybridized carbons (Fsp3) is 0.217. The first-order valence-corrected chi connectivity index (χ1v) is 10.8. The van der Waals surface area contributed by atoms with Crippen LogP contribution >= 0.6 is 0 Å². The number of benzene rings is 3. The second-order valence-corrected chi connectivity index (χ2v) is 8.86. The Morgan fingerprint density at radius 3 is 2.17 bits per heavy atom. The van der Waals surface area contributed by atoms with Crippen LogP contribution in [0.1, 0.15) is 22.7 Å². The van der Waals surface area contributed by atoms with Gasteiger partial charge in [-0.25, -0.2) is 8.42 Å². The number of fused-ring (bicyclic) bond motifs is 1. The fourth-order valence-corrected chi connectivity index (χ4v) is 5.43. The second-order valence-electron chi connectivity index (χ2n) is 6.97. The quantitative estimate of drug-likeness (QED) is 0.634. The summed E-state index contributed by atoms with van der Waals surface area (Å²) in [6.45, 7) is 0.326. The Labute approximate surface area is 171 Å². The van der Waals surface area contributed by atoms with Crippen LogP contribution in [0.5, 0.6) is 11.5 Å². The molecule has 5 nitrogen and oxygen atoms in total. The van der Waals surface area contributed by atoms with Crippen molar-refractivity contribution in [2.24, 2.45) is 0 Å². The molecule has 0 aromatic heterocycles. The average Bonchev–Trinajstić information content (AvgIpc) is 2.78. The molecule has 0 spiro atoms. The summed E-state index contributed by atoms with van der Waals surface area (Å²) in [5.74, 6) is 0.886. The molecule has 1 aliphatic rings. The summed E-state index contributed by atoms with van der Waals surface area (Å²) in [5, 5.41) is 0. The molecule has 6 heteroatoms. The molecule has 4 rings (SSSR count). The van der Waals surface area contributed by atoms with E-state index in [2.05, 4.69) is 6.07 Å². The van der Waals surface area contributed by atoms with Crippen molar-refractivity contribution in [2.45, 2.75) is 23.9 Å². The van der Waals surface area contributed by atoms with Gasteiger partial charge in [-0.1, -0.05) is 54.6 Å². The number of hydrogen-bond acceptors (Lipinski definition) is 4. The molecule has 3 aromatic carbocycles. The van der Waals surface area contributed by atoms with Crippen LogP contribution in [0, 0.1) is 0 Å². The lowest BCUT2D eigenvalue weighted by Crippen LogP contribution is -2.38. The number of methoxy groups -OCH3 is 2. The summed E-state index contributed by atoms with van der Waals surface area (Å²) in [6.07, 6.45) is 0.632. The molecule has 1 heterocycles. The van der Waals surface area contributed by atoms with Crippen molar-refractivity contribution in [3.8, 4) is 11.5 Å². The number of hydrogen-bond donors (Lipinski definition) is 0. The van der Waals surface area contributed by atoms with Crippen LogP contribution in [0.15, 0.2) is 77.7 Å². The zero-order valence-corrected chi connectivity index (χ0v) is 17.2. The number of nitrogens with zero attached hydrogens (tertiary/aromatic N) is 1. The van der Waals surface area contributed by atoms with E-state index in [-0.39, 0.29) is 10.9 Å². The Morgan fingerprint density at radius 1 is 0.828 bits per heavy atom. The third-order valence-electron chi connectivity index (χ3n) is 5.35. The molecule has 3 aromatic rings. The molecule has 0 saturated carbocycles. The maximum absolute atomic E-state index is 13.7. The summed E-state index contributed by atoms with van der Waals surface area (Å²) in [5.41, 5.74) is 3.19. The van der Waals surface area contributed by atoms with Gasteiger partial charge in [0.25, 0.3) is 0 Å². The van der Waals surface area contributed by atoms with Gasteiger partial charge in [0.2, 0.25) is 10.0 Å². The zero-order chi connectivity index (χ0) is 20.4. The zero-order valence-electron chi connectivity index (χ0n) is 16.4. The molecule has 1 atom stereocenters. The number of rotatable bonds is 5. The smallest absolute Gasteiger partial charge is 0.244 e. The Kier molecular flexibility index (Phi) is 5.30. The molecule has 150 valence electrons. The van der Waals surface area contributed by atoms with Gasteiger partial charge in [-0.3, -0.25) is 0 Å². The van der Waals surface area contributed by atoms with Gasteiger partial charge < -0.3 is 9.47 Å². The van der Waals surface area contributed by atoms with Crippen molar-refractivity contribution in [2.75, 3.05) is 14.2 Å². The van der Waals surface area contributed by atoms with Crippen LogP contribution in [-0.4, -0.2) is 26.9 Å². The van der Waals surface area contributed by atoms with Gasteiger partial charge in [0.05, 0.1) is 25.2 Å². The van der Waals surface area contributed by atoms with E-state index < -0.39 is 10.0 Å². The Morgan fingerprint density at radius 2 is 1.48 bits per heavy atom. The predicted octanol–water partition coefficient (Wildman–Crippen LogP) is 4.19. The van der Waals surface area contributed by atoms with E-state index in [1.165, 1.54) is 25.8 Å². The van der Waals surface area contributed by atoms with Gasteiger partial charge >= 0.3 is 0 Å². The Bertz CT molecular complexity index is 1110. The first-order valence-electron chi connectivity index (χ1n) is 9.40. The van der Waals surface area contributed by atoms with E-state index >= 15 is 0 Å². The van der Waals surface area contributed by atoms with E-state index in [9.17, 15) is 8.42 Å². The highest BCUT2D eigenvalue weighted by molar-refractivity contribution is 7.89. The van der Waals surface area contributed by atoms with Gasteiger partial charge in [-0.15, -0.1) is 0 Å². The second kappa shape index (κ2) is 7.89. The minimum atomic E-state index is -3.76.